The van der Waals surface area contributed by atoms with Gasteiger partial charge in [-0.2, -0.15) is 0 Å². The molecule has 72 valence electrons. The molecule has 0 saturated carbocycles. The largest absolute Gasteiger partial charge is 0.497 e. The molecule has 0 aliphatic heterocycles. The van der Waals surface area contributed by atoms with E-state index in [1.807, 2.05) is 25.3 Å². The van der Waals surface area contributed by atoms with Crippen LogP contribution in [0.3, 0.4) is 0 Å². The van der Waals surface area contributed by atoms with Crippen LogP contribution in [-0.2, 0) is 4.74 Å². The molecule has 0 unspecified atom stereocenters. The fraction of sp³-hybridized carbons (Fsp3) is 0.500. The number of rotatable bonds is 3. The van der Waals surface area contributed by atoms with Crippen molar-refractivity contribution in [2.24, 2.45) is 0 Å². The summed E-state index contributed by atoms with van der Waals surface area (Å²) >= 11 is 0. The Morgan fingerprint density at radius 1 is 1.46 bits per heavy atom. The van der Waals surface area contributed by atoms with E-state index < -0.39 is 0 Å². The van der Waals surface area contributed by atoms with Crippen molar-refractivity contribution in [1.29, 1.82) is 0 Å². The summed E-state index contributed by atoms with van der Waals surface area (Å²) in [6.07, 6.45) is 11.7. The van der Waals surface area contributed by atoms with Crippen LogP contribution in [0, 0.1) is 0 Å². The summed E-state index contributed by atoms with van der Waals surface area (Å²) in [4.78, 5) is 0. The second kappa shape index (κ2) is 5.63. The van der Waals surface area contributed by atoms with Crippen LogP contribution in [0.25, 0.3) is 0 Å². The lowest BCUT2D eigenvalue weighted by Crippen LogP contribution is -1.93. The molecule has 0 atom stereocenters. The molecule has 1 aliphatic carbocycles. The highest BCUT2D eigenvalue weighted by Gasteiger charge is 2.03. The quantitative estimate of drug-likeness (QED) is 0.364. The van der Waals surface area contributed by atoms with Gasteiger partial charge < -0.3 is 4.74 Å². The van der Waals surface area contributed by atoms with Gasteiger partial charge in [0.05, 0.1) is 6.26 Å². The number of hydrogen-bond acceptors (Lipinski definition) is 1. The summed E-state index contributed by atoms with van der Waals surface area (Å²) in [6, 6.07) is 0. The molecule has 0 fully saturated rings. The maximum atomic E-state index is 5.37. The van der Waals surface area contributed by atoms with Crippen molar-refractivity contribution in [3.8, 4) is 0 Å². The van der Waals surface area contributed by atoms with Crippen LogP contribution in [0.5, 0.6) is 0 Å². The second-order valence-corrected chi connectivity index (χ2v) is 3.43. The van der Waals surface area contributed by atoms with E-state index in [0.717, 1.165) is 12.8 Å². The molecule has 0 aromatic carbocycles. The molecule has 1 rings (SSSR count). The fourth-order valence-electron chi connectivity index (χ4n) is 1.29. The van der Waals surface area contributed by atoms with Gasteiger partial charge in [0.2, 0.25) is 0 Å². The highest BCUT2D eigenvalue weighted by atomic mass is 16.5. The fourth-order valence-corrected chi connectivity index (χ4v) is 1.29. The predicted molar refractivity (Wildman–Crippen MR) is 56.5 cm³/mol. The van der Waals surface area contributed by atoms with Gasteiger partial charge in [-0.25, -0.2) is 0 Å². The van der Waals surface area contributed by atoms with Gasteiger partial charge in [0.1, 0.15) is 6.61 Å². The SMILES string of the molecule is C/C=C/CO/C=C1/CC=C(C)CC1. The third kappa shape index (κ3) is 3.97. The first-order valence-corrected chi connectivity index (χ1v) is 4.89. The minimum atomic E-state index is 0.697. The van der Waals surface area contributed by atoms with E-state index in [0.29, 0.717) is 6.61 Å². The third-order valence-electron chi connectivity index (χ3n) is 2.23. The maximum absolute atomic E-state index is 5.37. The lowest BCUT2D eigenvalue weighted by atomic mass is 9.97. The Hall–Kier alpha value is -0.980. The Morgan fingerprint density at radius 2 is 2.31 bits per heavy atom. The molecule has 0 heterocycles. The monoisotopic (exact) mass is 178 g/mol. The maximum Gasteiger partial charge on any atom is 0.105 e. The van der Waals surface area contributed by atoms with Gasteiger partial charge in [-0.05, 0) is 38.7 Å². The first-order valence-electron chi connectivity index (χ1n) is 4.89. The minimum absolute atomic E-state index is 0.697. The van der Waals surface area contributed by atoms with Crippen molar-refractivity contribution < 1.29 is 4.74 Å². The second-order valence-electron chi connectivity index (χ2n) is 3.43. The zero-order chi connectivity index (χ0) is 9.52. The highest BCUT2D eigenvalue weighted by molar-refractivity contribution is 5.16. The van der Waals surface area contributed by atoms with Gasteiger partial charge >= 0.3 is 0 Å². The predicted octanol–water partition coefficient (Wildman–Crippen LogP) is 3.59. The first kappa shape index (κ1) is 10.1. The molecule has 0 amide bonds. The van der Waals surface area contributed by atoms with E-state index in [9.17, 15) is 0 Å². The smallest absolute Gasteiger partial charge is 0.105 e. The molecule has 0 aromatic heterocycles. The van der Waals surface area contributed by atoms with Crippen molar-refractivity contribution in [3.05, 3.63) is 35.6 Å². The Morgan fingerprint density at radius 3 is 2.92 bits per heavy atom. The molecule has 0 saturated heterocycles. The molecule has 0 radical (unpaired) electrons. The van der Waals surface area contributed by atoms with E-state index >= 15 is 0 Å². The van der Waals surface area contributed by atoms with Crippen molar-refractivity contribution in [2.75, 3.05) is 6.61 Å². The molecular formula is C12H18O. The van der Waals surface area contributed by atoms with Gasteiger partial charge in [-0.15, -0.1) is 0 Å². The molecule has 1 nitrogen and oxygen atoms in total. The van der Waals surface area contributed by atoms with E-state index in [-0.39, 0.29) is 0 Å². The topological polar surface area (TPSA) is 9.23 Å². The molecule has 0 bridgehead atoms. The van der Waals surface area contributed by atoms with Crippen LogP contribution in [0.4, 0.5) is 0 Å². The van der Waals surface area contributed by atoms with E-state index in [1.165, 1.54) is 17.6 Å². The molecule has 1 aliphatic rings. The third-order valence-corrected chi connectivity index (χ3v) is 2.23. The average molecular weight is 178 g/mol. The van der Waals surface area contributed by atoms with Crippen LogP contribution < -0.4 is 0 Å². The van der Waals surface area contributed by atoms with Crippen LogP contribution in [0.15, 0.2) is 35.6 Å². The van der Waals surface area contributed by atoms with E-state index in [1.54, 1.807) is 0 Å². The summed E-state index contributed by atoms with van der Waals surface area (Å²) in [5.41, 5.74) is 2.92. The summed E-state index contributed by atoms with van der Waals surface area (Å²) < 4.78 is 5.37. The van der Waals surface area contributed by atoms with Crippen molar-refractivity contribution >= 4 is 0 Å². The van der Waals surface area contributed by atoms with Crippen LogP contribution in [0.2, 0.25) is 0 Å². The molecule has 13 heavy (non-hydrogen) atoms. The number of ether oxygens (including phenoxy) is 1. The summed E-state index contributed by atoms with van der Waals surface area (Å²) in [5, 5.41) is 0. The van der Waals surface area contributed by atoms with E-state index in [2.05, 4.69) is 13.0 Å². The average Bonchev–Trinajstić information content (AvgIpc) is 2.15. The summed E-state index contributed by atoms with van der Waals surface area (Å²) in [5.74, 6) is 0. The molecule has 0 aromatic rings. The van der Waals surface area contributed by atoms with Gasteiger partial charge in [-0.3, -0.25) is 0 Å². The summed E-state index contributed by atoms with van der Waals surface area (Å²) in [7, 11) is 0. The van der Waals surface area contributed by atoms with Crippen molar-refractivity contribution in [3.63, 3.8) is 0 Å². The summed E-state index contributed by atoms with van der Waals surface area (Å²) in [6.45, 7) is 4.89. The number of hydrogen-bond donors (Lipinski definition) is 0. The first-order chi connectivity index (χ1) is 6.33. The van der Waals surface area contributed by atoms with Crippen LogP contribution >= 0.6 is 0 Å². The van der Waals surface area contributed by atoms with Crippen molar-refractivity contribution in [2.45, 2.75) is 33.1 Å². The minimum Gasteiger partial charge on any atom is -0.497 e. The standard InChI is InChI=1S/C12H18O/c1-3-4-9-13-10-12-7-5-11(2)6-8-12/h3-5,10H,6-9H2,1-2H3/b4-3+,12-10-. The Labute approximate surface area is 80.8 Å². The van der Waals surface area contributed by atoms with Gasteiger partial charge in [0.25, 0.3) is 0 Å². The van der Waals surface area contributed by atoms with Crippen LogP contribution in [0.1, 0.15) is 33.1 Å². The zero-order valence-corrected chi connectivity index (χ0v) is 8.55. The lowest BCUT2D eigenvalue weighted by molar-refractivity contribution is 0.284. The van der Waals surface area contributed by atoms with Gasteiger partial charge in [0.15, 0.2) is 0 Å². The molecular weight excluding hydrogens is 160 g/mol. The molecule has 0 spiro atoms. The molecule has 0 N–H and O–H groups in total. The van der Waals surface area contributed by atoms with Crippen molar-refractivity contribution in [1.82, 2.24) is 0 Å². The van der Waals surface area contributed by atoms with Gasteiger partial charge in [0, 0.05) is 0 Å². The normalized spacial score (nSPS) is 20.8. The Bertz CT molecular complexity index is 234. The highest BCUT2D eigenvalue weighted by Crippen LogP contribution is 2.21. The lowest BCUT2D eigenvalue weighted by Gasteiger charge is -2.11. The van der Waals surface area contributed by atoms with Crippen LogP contribution in [-0.4, -0.2) is 6.61 Å². The van der Waals surface area contributed by atoms with E-state index in [4.69, 9.17) is 4.74 Å². The van der Waals surface area contributed by atoms with Gasteiger partial charge in [-0.1, -0.05) is 23.8 Å². The number of allylic oxidation sites excluding steroid dienone is 4. The molecule has 1 heteroatoms. The Kier molecular flexibility index (Phi) is 4.37. The zero-order valence-electron chi connectivity index (χ0n) is 8.55. The Balaban J connectivity index is 2.28.